The van der Waals surface area contributed by atoms with Crippen molar-refractivity contribution < 1.29 is 9.90 Å². The second-order valence-electron chi connectivity index (χ2n) is 4.38. The Morgan fingerprint density at radius 2 is 1.75 bits per heavy atom. The van der Waals surface area contributed by atoms with E-state index in [9.17, 15) is 4.79 Å². The van der Waals surface area contributed by atoms with Crippen LogP contribution in [0.3, 0.4) is 0 Å². The van der Waals surface area contributed by atoms with Crippen LogP contribution >= 0.6 is 0 Å². The topological polar surface area (TPSA) is 89.1 Å². The zero-order valence-electron chi connectivity index (χ0n) is 10.4. The third-order valence-corrected chi connectivity index (χ3v) is 3.07. The Bertz CT molecular complexity index is 815. The van der Waals surface area contributed by atoms with Gasteiger partial charge < -0.3 is 10.8 Å². The summed E-state index contributed by atoms with van der Waals surface area (Å²) in [7, 11) is 0. The standard InChI is InChI=1S/C15H11N3O2/c16-14-12(15(19)20)6-11(8-18-14)10-5-9-3-1-2-4-13(9)17-7-10/h1-8H,(H2,16,18)(H,19,20). The highest BCUT2D eigenvalue weighted by Crippen LogP contribution is 2.24. The Balaban J connectivity index is 2.15. The maximum absolute atomic E-state index is 11.1. The van der Waals surface area contributed by atoms with Gasteiger partial charge in [-0.05, 0) is 18.2 Å². The number of carboxylic acid groups (broad SMARTS) is 1. The lowest BCUT2D eigenvalue weighted by molar-refractivity contribution is 0.0697. The van der Waals surface area contributed by atoms with Crippen molar-refractivity contribution in [1.29, 1.82) is 0 Å². The summed E-state index contributed by atoms with van der Waals surface area (Å²) in [4.78, 5) is 19.4. The molecule has 0 aliphatic rings. The van der Waals surface area contributed by atoms with Crippen LogP contribution in [-0.2, 0) is 0 Å². The molecule has 0 unspecified atom stereocenters. The fraction of sp³-hybridized carbons (Fsp3) is 0. The third-order valence-electron chi connectivity index (χ3n) is 3.07. The summed E-state index contributed by atoms with van der Waals surface area (Å²) in [6.07, 6.45) is 3.24. The van der Waals surface area contributed by atoms with Crippen molar-refractivity contribution in [3.8, 4) is 11.1 Å². The van der Waals surface area contributed by atoms with Crippen LogP contribution in [0.4, 0.5) is 5.82 Å². The molecule has 0 aliphatic heterocycles. The molecule has 0 saturated heterocycles. The fourth-order valence-electron chi connectivity index (χ4n) is 2.03. The lowest BCUT2D eigenvalue weighted by Gasteiger charge is -2.06. The van der Waals surface area contributed by atoms with Gasteiger partial charge in [0.15, 0.2) is 0 Å². The summed E-state index contributed by atoms with van der Waals surface area (Å²) < 4.78 is 0. The Labute approximate surface area is 114 Å². The van der Waals surface area contributed by atoms with Crippen molar-refractivity contribution in [3.63, 3.8) is 0 Å². The second-order valence-corrected chi connectivity index (χ2v) is 4.38. The number of aromatic nitrogens is 2. The molecule has 5 nitrogen and oxygen atoms in total. The second kappa shape index (κ2) is 4.62. The summed E-state index contributed by atoms with van der Waals surface area (Å²) in [5, 5.41) is 10.1. The summed E-state index contributed by atoms with van der Waals surface area (Å²) in [5.74, 6) is -1.08. The van der Waals surface area contributed by atoms with Crippen LogP contribution in [0.2, 0.25) is 0 Å². The van der Waals surface area contributed by atoms with Crippen molar-refractivity contribution in [2.75, 3.05) is 5.73 Å². The van der Waals surface area contributed by atoms with Gasteiger partial charge in [-0.15, -0.1) is 0 Å². The van der Waals surface area contributed by atoms with E-state index in [1.807, 2.05) is 30.3 Å². The number of anilines is 1. The van der Waals surface area contributed by atoms with Crippen molar-refractivity contribution >= 4 is 22.7 Å². The van der Waals surface area contributed by atoms with Crippen molar-refractivity contribution in [2.24, 2.45) is 0 Å². The van der Waals surface area contributed by atoms with E-state index in [0.717, 1.165) is 16.5 Å². The summed E-state index contributed by atoms with van der Waals surface area (Å²) in [5.41, 5.74) is 7.91. The molecule has 3 aromatic rings. The van der Waals surface area contributed by atoms with Crippen LogP contribution in [0.15, 0.2) is 48.8 Å². The van der Waals surface area contributed by atoms with Gasteiger partial charge in [0.1, 0.15) is 11.4 Å². The molecule has 3 rings (SSSR count). The predicted octanol–water partition coefficient (Wildman–Crippen LogP) is 2.58. The van der Waals surface area contributed by atoms with E-state index in [1.165, 1.54) is 6.07 Å². The number of nitrogens with zero attached hydrogens (tertiary/aromatic N) is 2. The minimum Gasteiger partial charge on any atom is -0.478 e. The molecule has 20 heavy (non-hydrogen) atoms. The number of rotatable bonds is 2. The van der Waals surface area contributed by atoms with Gasteiger partial charge in [-0.25, -0.2) is 9.78 Å². The van der Waals surface area contributed by atoms with E-state index in [4.69, 9.17) is 10.8 Å². The highest BCUT2D eigenvalue weighted by Gasteiger charge is 2.11. The number of nitrogens with two attached hydrogens (primary N) is 1. The molecule has 0 saturated carbocycles. The number of hydrogen-bond donors (Lipinski definition) is 2. The molecule has 0 amide bonds. The molecule has 0 radical (unpaired) electrons. The number of para-hydroxylation sites is 1. The van der Waals surface area contributed by atoms with E-state index < -0.39 is 5.97 Å². The summed E-state index contributed by atoms with van der Waals surface area (Å²) >= 11 is 0. The first kappa shape index (κ1) is 12.1. The minimum absolute atomic E-state index is 0.00402. The van der Waals surface area contributed by atoms with E-state index in [1.54, 1.807) is 12.4 Å². The monoisotopic (exact) mass is 265 g/mol. The zero-order valence-corrected chi connectivity index (χ0v) is 10.4. The third kappa shape index (κ3) is 2.05. The van der Waals surface area contributed by atoms with Gasteiger partial charge in [-0.3, -0.25) is 4.98 Å². The number of carboxylic acids is 1. The number of aromatic carboxylic acids is 1. The van der Waals surface area contributed by atoms with Crippen LogP contribution in [0.1, 0.15) is 10.4 Å². The summed E-state index contributed by atoms with van der Waals surface area (Å²) in [6, 6.07) is 11.2. The Morgan fingerprint density at radius 3 is 2.55 bits per heavy atom. The lowest BCUT2D eigenvalue weighted by Crippen LogP contribution is -2.04. The van der Waals surface area contributed by atoms with Gasteiger partial charge in [0, 0.05) is 28.9 Å². The Kier molecular flexibility index (Phi) is 2.80. The first-order valence-electron chi connectivity index (χ1n) is 5.99. The van der Waals surface area contributed by atoms with Crippen LogP contribution in [0.25, 0.3) is 22.0 Å². The number of benzene rings is 1. The normalized spacial score (nSPS) is 10.6. The Hall–Kier alpha value is -2.95. The number of nitrogen functional groups attached to an aromatic ring is 1. The zero-order chi connectivity index (χ0) is 14.1. The molecule has 0 aliphatic carbocycles. The highest BCUT2D eigenvalue weighted by molar-refractivity contribution is 5.94. The first-order valence-corrected chi connectivity index (χ1v) is 5.99. The van der Waals surface area contributed by atoms with Crippen LogP contribution in [0.5, 0.6) is 0 Å². The van der Waals surface area contributed by atoms with Gasteiger partial charge in [0.25, 0.3) is 0 Å². The van der Waals surface area contributed by atoms with Crippen LogP contribution < -0.4 is 5.73 Å². The maximum atomic E-state index is 11.1. The van der Waals surface area contributed by atoms with Gasteiger partial charge in [0.2, 0.25) is 0 Å². The van der Waals surface area contributed by atoms with E-state index in [-0.39, 0.29) is 11.4 Å². The van der Waals surface area contributed by atoms with Crippen molar-refractivity contribution in [3.05, 3.63) is 54.4 Å². The van der Waals surface area contributed by atoms with Crippen molar-refractivity contribution in [1.82, 2.24) is 9.97 Å². The largest absolute Gasteiger partial charge is 0.478 e. The molecule has 0 bridgehead atoms. The number of fused-ring (bicyclic) bond motifs is 1. The maximum Gasteiger partial charge on any atom is 0.339 e. The SMILES string of the molecule is Nc1ncc(-c2cnc3ccccc3c2)cc1C(=O)O. The molecule has 3 N–H and O–H groups in total. The molecule has 1 aromatic carbocycles. The van der Waals surface area contributed by atoms with Crippen LogP contribution in [0, 0.1) is 0 Å². The molecule has 0 fully saturated rings. The van der Waals surface area contributed by atoms with Crippen molar-refractivity contribution in [2.45, 2.75) is 0 Å². The molecule has 0 atom stereocenters. The number of pyridine rings is 2. The van der Waals surface area contributed by atoms with E-state index in [0.29, 0.717) is 5.56 Å². The van der Waals surface area contributed by atoms with E-state index >= 15 is 0 Å². The number of hydrogen-bond acceptors (Lipinski definition) is 4. The van der Waals surface area contributed by atoms with Crippen LogP contribution in [-0.4, -0.2) is 21.0 Å². The molecule has 0 spiro atoms. The van der Waals surface area contributed by atoms with E-state index in [2.05, 4.69) is 9.97 Å². The Morgan fingerprint density at radius 1 is 1.05 bits per heavy atom. The molecule has 2 heterocycles. The number of carbonyl (C=O) groups is 1. The minimum atomic E-state index is -1.09. The molecular formula is C15H11N3O2. The average Bonchev–Trinajstić information content (AvgIpc) is 2.47. The smallest absolute Gasteiger partial charge is 0.339 e. The predicted molar refractivity (Wildman–Crippen MR) is 76.3 cm³/mol. The first-order chi connectivity index (χ1) is 9.65. The molecular weight excluding hydrogens is 254 g/mol. The van der Waals surface area contributed by atoms with Gasteiger partial charge in [0.05, 0.1) is 5.52 Å². The molecule has 2 aromatic heterocycles. The summed E-state index contributed by atoms with van der Waals surface area (Å²) in [6.45, 7) is 0. The van der Waals surface area contributed by atoms with Gasteiger partial charge >= 0.3 is 5.97 Å². The highest BCUT2D eigenvalue weighted by atomic mass is 16.4. The van der Waals surface area contributed by atoms with Gasteiger partial charge in [-0.2, -0.15) is 0 Å². The quantitative estimate of drug-likeness (QED) is 0.743. The fourth-order valence-corrected chi connectivity index (χ4v) is 2.03. The lowest BCUT2D eigenvalue weighted by atomic mass is 10.1. The molecule has 5 heteroatoms. The molecule has 98 valence electrons. The average molecular weight is 265 g/mol. The van der Waals surface area contributed by atoms with Gasteiger partial charge in [-0.1, -0.05) is 18.2 Å².